The van der Waals surface area contributed by atoms with Crippen LogP contribution in [-0.4, -0.2) is 15.2 Å². The van der Waals surface area contributed by atoms with E-state index in [9.17, 15) is 4.79 Å². The molecule has 1 aliphatic rings. The first-order valence-electron chi connectivity index (χ1n) is 7.61. The van der Waals surface area contributed by atoms with Crippen LogP contribution < -0.4 is 4.90 Å². The molecular formula is C19H14N2OS2. The summed E-state index contributed by atoms with van der Waals surface area (Å²) in [5, 5.41) is 0.678. The summed E-state index contributed by atoms with van der Waals surface area (Å²) in [6.07, 6.45) is 0. The first kappa shape index (κ1) is 15.3. The van der Waals surface area contributed by atoms with Gasteiger partial charge in [-0.15, -0.1) is 0 Å². The molecule has 0 bridgehead atoms. The first-order valence-corrected chi connectivity index (χ1v) is 8.90. The lowest BCUT2D eigenvalue weighted by Gasteiger charge is -2.17. The Morgan fingerprint density at radius 3 is 2.62 bits per heavy atom. The van der Waals surface area contributed by atoms with E-state index in [1.54, 1.807) is 4.90 Å². The molecule has 0 saturated carbocycles. The molecule has 3 aromatic rings. The van der Waals surface area contributed by atoms with Crippen LogP contribution in [0.4, 0.5) is 5.69 Å². The molecule has 1 fully saturated rings. The Hall–Kier alpha value is -2.24. The van der Waals surface area contributed by atoms with Crippen LogP contribution in [-0.2, 0) is 4.79 Å². The quantitative estimate of drug-likeness (QED) is 0.630. The molecule has 1 aromatic heterocycles. The largest absolute Gasteiger partial charge is 0.272 e. The number of hydrogen-bond acceptors (Lipinski definition) is 4. The van der Waals surface area contributed by atoms with Gasteiger partial charge < -0.3 is 0 Å². The third kappa shape index (κ3) is 2.50. The molecule has 1 aliphatic heterocycles. The average molecular weight is 350 g/mol. The third-order valence-corrected chi connectivity index (χ3v) is 5.63. The van der Waals surface area contributed by atoms with Gasteiger partial charge in [0.25, 0.3) is 5.91 Å². The number of thiocarbonyl (C=S) groups is 1. The van der Waals surface area contributed by atoms with E-state index in [-0.39, 0.29) is 11.2 Å². The number of para-hydroxylation sites is 2. The van der Waals surface area contributed by atoms with Crippen LogP contribution in [0.15, 0.2) is 60.7 Å². The predicted molar refractivity (Wildman–Crippen MR) is 103 cm³/mol. The van der Waals surface area contributed by atoms with Crippen LogP contribution in [0, 0.1) is 6.92 Å². The van der Waals surface area contributed by atoms with E-state index in [2.05, 4.69) is 4.98 Å². The zero-order chi connectivity index (χ0) is 16.7. The molecule has 0 radical (unpaired) electrons. The number of nitrogens with zero attached hydrogens (tertiary/aromatic N) is 2. The van der Waals surface area contributed by atoms with Crippen molar-refractivity contribution in [1.82, 2.24) is 4.98 Å². The molecule has 2 aromatic carbocycles. The molecule has 1 saturated heterocycles. The summed E-state index contributed by atoms with van der Waals surface area (Å²) in [5.74, 6) is -0.0259. The fourth-order valence-electron chi connectivity index (χ4n) is 2.86. The molecule has 24 heavy (non-hydrogen) atoms. The maximum absolute atomic E-state index is 13.0. The highest BCUT2D eigenvalue weighted by Crippen LogP contribution is 2.42. The van der Waals surface area contributed by atoms with Gasteiger partial charge in [-0.2, -0.15) is 0 Å². The van der Waals surface area contributed by atoms with Crippen molar-refractivity contribution in [2.24, 2.45) is 0 Å². The van der Waals surface area contributed by atoms with Gasteiger partial charge in [-0.25, -0.2) is 0 Å². The van der Waals surface area contributed by atoms with Gasteiger partial charge in [-0.3, -0.25) is 14.7 Å². The second-order valence-electron chi connectivity index (χ2n) is 5.65. The predicted octanol–water partition coefficient (Wildman–Crippen LogP) is 4.65. The highest BCUT2D eigenvalue weighted by molar-refractivity contribution is 8.24. The molecule has 0 spiro atoms. The third-order valence-electron chi connectivity index (χ3n) is 4.09. The van der Waals surface area contributed by atoms with E-state index >= 15 is 0 Å². The van der Waals surface area contributed by atoms with Crippen LogP contribution in [0.1, 0.15) is 16.5 Å². The van der Waals surface area contributed by atoms with Crippen LogP contribution in [0.5, 0.6) is 0 Å². The molecule has 0 N–H and O–H groups in total. The van der Waals surface area contributed by atoms with Crippen molar-refractivity contribution in [1.29, 1.82) is 0 Å². The Kier molecular flexibility index (Phi) is 3.82. The Morgan fingerprint density at radius 2 is 1.79 bits per heavy atom. The molecule has 5 heteroatoms. The van der Waals surface area contributed by atoms with Gasteiger partial charge in [0.2, 0.25) is 0 Å². The lowest BCUT2D eigenvalue weighted by Crippen LogP contribution is -2.29. The SMILES string of the molecule is Cc1ccccc1N1C(=O)C(c2ccc3ccccc3n2)SC1=S. The van der Waals surface area contributed by atoms with Crippen molar-refractivity contribution >= 4 is 50.8 Å². The zero-order valence-electron chi connectivity index (χ0n) is 13.0. The number of carbonyl (C=O) groups is 1. The number of fused-ring (bicyclic) bond motifs is 1. The van der Waals surface area contributed by atoms with Crippen LogP contribution >= 0.6 is 24.0 Å². The molecule has 0 aliphatic carbocycles. The van der Waals surface area contributed by atoms with Crippen molar-refractivity contribution in [2.45, 2.75) is 12.2 Å². The Bertz CT molecular complexity index is 970. The number of pyridine rings is 1. The van der Waals surface area contributed by atoms with Crippen LogP contribution in [0.25, 0.3) is 10.9 Å². The normalized spacial score (nSPS) is 17.7. The number of aryl methyl sites for hydroxylation is 1. The number of hydrogen-bond donors (Lipinski definition) is 0. The van der Waals surface area contributed by atoms with Gasteiger partial charge in [-0.1, -0.05) is 66.4 Å². The lowest BCUT2D eigenvalue weighted by atomic mass is 10.1. The molecule has 2 heterocycles. The Balaban J connectivity index is 1.73. The fourth-order valence-corrected chi connectivity index (χ4v) is 4.29. The number of benzene rings is 2. The molecule has 1 atom stereocenters. The van der Waals surface area contributed by atoms with Crippen LogP contribution in [0.3, 0.4) is 0 Å². The number of carbonyl (C=O) groups excluding carboxylic acids is 1. The van der Waals surface area contributed by atoms with Crippen molar-refractivity contribution < 1.29 is 4.79 Å². The molecule has 3 nitrogen and oxygen atoms in total. The van der Waals surface area contributed by atoms with Gasteiger partial charge in [-0.05, 0) is 30.7 Å². The van der Waals surface area contributed by atoms with Crippen LogP contribution in [0.2, 0.25) is 0 Å². The molecule has 4 rings (SSSR count). The van der Waals surface area contributed by atoms with Crippen molar-refractivity contribution in [2.75, 3.05) is 4.90 Å². The summed E-state index contributed by atoms with van der Waals surface area (Å²) >= 11 is 6.86. The number of thioether (sulfide) groups is 1. The summed E-state index contributed by atoms with van der Waals surface area (Å²) in [6.45, 7) is 1.98. The summed E-state index contributed by atoms with van der Waals surface area (Å²) in [7, 11) is 0. The smallest absolute Gasteiger partial charge is 0.252 e. The molecule has 1 amide bonds. The second-order valence-corrected chi connectivity index (χ2v) is 7.39. The minimum atomic E-state index is -0.387. The van der Waals surface area contributed by atoms with Gasteiger partial charge >= 0.3 is 0 Å². The van der Waals surface area contributed by atoms with Gasteiger partial charge in [0, 0.05) is 5.39 Å². The fraction of sp³-hybridized carbons (Fsp3) is 0.105. The lowest BCUT2D eigenvalue weighted by molar-refractivity contribution is -0.117. The second kappa shape index (κ2) is 6.00. The summed E-state index contributed by atoms with van der Waals surface area (Å²) in [6, 6.07) is 19.6. The Labute approximate surface area is 149 Å². The van der Waals surface area contributed by atoms with E-state index in [0.717, 1.165) is 27.8 Å². The van der Waals surface area contributed by atoms with E-state index in [1.165, 1.54) is 11.8 Å². The van der Waals surface area contributed by atoms with E-state index in [1.807, 2.05) is 67.6 Å². The summed E-state index contributed by atoms with van der Waals surface area (Å²) in [4.78, 5) is 19.3. The minimum Gasteiger partial charge on any atom is -0.272 e. The standard InChI is InChI=1S/C19H14N2OS2/c1-12-6-2-5-9-16(12)21-18(22)17(24-19(21)23)15-11-10-13-7-3-4-8-14(13)20-15/h2-11,17H,1H3. The minimum absolute atomic E-state index is 0.0259. The van der Waals surface area contributed by atoms with Gasteiger partial charge in [0.1, 0.15) is 9.57 Å². The average Bonchev–Trinajstić information content (AvgIpc) is 2.90. The van der Waals surface area contributed by atoms with E-state index < -0.39 is 0 Å². The molecule has 1 unspecified atom stereocenters. The highest BCUT2D eigenvalue weighted by atomic mass is 32.2. The highest BCUT2D eigenvalue weighted by Gasteiger charge is 2.40. The zero-order valence-corrected chi connectivity index (χ0v) is 14.6. The number of rotatable bonds is 2. The van der Waals surface area contributed by atoms with Gasteiger partial charge in [0.15, 0.2) is 0 Å². The summed E-state index contributed by atoms with van der Waals surface area (Å²) in [5.41, 5.74) is 3.52. The first-order chi connectivity index (χ1) is 11.6. The Morgan fingerprint density at radius 1 is 1.04 bits per heavy atom. The number of amides is 1. The van der Waals surface area contributed by atoms with E-state index in [4.69, 9.17) is 12.2 Å². The van der Waals surface area contributed by atoms with Crippen molar-refractivity contribution in [3.63, 3.8) is 0 Å². The van der Waals surface area contributed by atoms with E-state index in [0.29, 0.717) is 4.32 Å². The molecule has 118 valence electrons. The van der Waals surface area contributed by atoms with Crippen molar-refractivity contribution in [3.05, 3.63) is 71.9 Å². The number of anilines is 1. The summed E-state index contributed by atoms with van der Waals surface area (Å²) < 4.78 is 0.578. The maximum Gasteiger partial charge on any atom is 0.252 e. The molecular weight excluding hydrogens is 336 g/mol. The monoisotopic (exact) mass is 350 g/mol. The topological polar surface area (TPSA) is 33.2 Å². The maximum atomic E-state index is 13.0. The van der Waals surface area contributed by atoms with Gasteiger partial charge in [0.05, 0.1) is 16.9 Å². The number of aromatic nitrogens is 1. The van der Waals surface area contributed by atoms with Crippen molar-refractivity contribution in [3.8, 4) is 0 Å².